The normalized spacial score (nSPS) is 21.5. The minimum atomic E-state index is -1.14. The average molecular weight is 858 g/mol. The van der Waals surface area contributed by atoms with E-state index in [0.717, 1.165) is 10.0 Å². The third-order valence-electron chi connectivity index (χ3n) is 10.6. The van der Waals surface area contributed by atoms with Crippen LogP contribution in [0.4, 0.5) is 18.9 Å². The number of benzene rings is 4. The molecule has 5 aliphatic rings. The molecular weight excluding hydrogens is 821 g/mol. The number of aliphatic imine (C=N–C) groups is 2. The minimum absolute atomic E-state index is 0.0897. The number of aromatic nitrogens is 1. The molecule has 0 bridgehead atoms. The summed E-state index contributed by atoms with van der Waals surface area (Å²) in [6.07, 6.45) is 1.40. The maximum atomic E-state index is 15.5. The van der Waals surface area contributed by atoms with Gasteiger partial charge in [-0.3, -0.25) is 9.98 Å². The van der Waals surface area contributed by atoms with E-state index in [-0.39, 0.29) is 37.9 Å². The summed E-state index contributed by atoms with van der Waals surface area (Å²) in [4.78, 5) is 15.3. The Balaban J connectivity index is 0.000000160. The van der Waals surface area contributed by atoms with E-state index < -0.39 is 28.7 Å². The van der Waals surface area contributed by atoms with Gasteiger partial charge in [0.1, 0.15) is 53.2 Å². The zero-order valence-electron chi connectivity index (χ0n) is 31.1. The van der Waals surface area contributed by atoms with Crippen LogP contribution in [0.3, 0.4) is 0 Å². The van der Waals surface area contributed by atoms with Crippen molar-refractivity contribution in [2.45, 2.75) is 11.1 Å². The third kappa shape index (κ3) is 6.49. The molecule has 5 aromatic rings. The molecule has 0 aliphatic carbocycles. The summed E-state index contributed by atoms with van der Waals surface area (Å²) in [6.45, 7) is 3.23. The molecule has 0 radical (unpaired) electrons. The van der Waals surface area contributed by atoms with Gasteiger partial charge in [-0.2, -0.15) is 4.39 Å². The van der Waals surface area contributed by atoms with Crippen LogP contribution in [0.5, 0.6) is 28.7 Å². The van der Waals surface area contributed by atoms with E-state index in [0.29, 0.717) is 88.7 Å². The number of morpholine rings is 1. The Morgan fingerprint density at radius 3 is 1.98 bits per heavy atom. The van der Waals surface area contributed by atoms with E-state index in [4.69, 9.17) is 44.9 Å². The Morgan fingerprint density at radius 1 is 0.724 bits per heavy atom. The lowest BCUT2D eigenvalue weighted by atomic mass is 9.79. The number of rotatable bonds is 3. The number of nitrogens with two attached hydrogens (primary N) is 2. The molecule has 0 saturated carbocycles. The van der Waals surface area contributed by atoms with Gasteiger partial charge in [0.2, 0.25) is 5.95 Å². The van der Waals surface area contributed by atoms with Crippen molar-refractivity contribution in [2.24, 2.45) is 21.5 Å². The van der Waals surface area contributed by atoms with Crippen LogP contribution in [-0.4, -0.2) is 76.5 Å². The molecule has 2 atom stereocenters. The van der Waals surface area contributed by atoms with Gasteiger partial charge in [-0.1, -0.05) is 22.0 Å². The van der Waals surface area contributed by atoms with Gasteiger partial charge in [-0.25, -0.2) is 13.8 Å². The number of nitrogens with zero attached hydrogens (tertiary/aromatic N) is 4. The quantitative estimate of drug-likeness (QED) is 0.183. The molecule has 1 aromatic heterocycles. The van der Waals surface area contributed by atoms with Crippen molar-refractivity contribution in [2.75, 3.05) is 64.7 Å². The number of amidine groups is 2. The zero-order chi connectivity index (χ0) is 40.2. The van der Waals surface area contributed by atoms with E-state index in [1.165, 1.54) is 25.4 Å². The monoisotopic (exact) mass is 856 g/mol. The van der Waals surface area contributed by atoms with Gasteiger partial charge in [0.25, 0.3) is 0 Å². The smallest absolute Gasteiger partial charge is 0.220 e. The van der Waals surface area contributed by atoms with Crippen molar-refractivity contribution in [1.82, 2.24) is 4.98 Å². The molecular formula is C42H36BrF3N6O6. The van der Waals surface area contributed by atoms with Crippen molar-refractivity contribution in [3.63, 3.8) is 0 Å². The van der Waals surface area contributed by atoms with Crippen molar-refractivity contribution in [3.05, 3.63) is 123 Å². The van der Waals surface area contributed by atoms with Crippen LogP contribution in [0.1, 0.15) is 22.3 Å². The number of pyridine rings is 1. The fourth-order valence-electron chi connectivity index (χ4n) is 8.01. The molecule has 12 nitrogen and oxygen atoms in total. The lowest BCUT2D eigenvalue weighted by Gasteiger charge is -2.40. The summed E-state index contributed by atoms with van der Waals surface area (Å²) < 4.78 is 79.4. The fourth-order valence-corrected chi connectivity index (χ4v) is 8.37. The van der Waals surface area contributed by atoms with Crippen LogP contribution in [0.25, 0.3) is 11.1 Å². The number of methoxy groups -OCH3 is 1. The highest BCUT2D eigenvalue weighted by Crippen LogP contribution is 2.54. The van der Waals surface area contributed by atoms with Crippen LogP contribution < -0.4 is 30.6 Å². The van der Waals surface area contributed by atoms with E-state index in [9.17, 15) is 8.78 Å². The number of hydrogen-bond donors (Lipinski definition) is 2. The van der Waals surface area contributed by atoms with E-state index in [1.807, 2.05) is 18.2 Å². The maximum absolute atomic E-state index is 15.5. The first kappa shape index (κ1) is 37.9. The molecule has 1 saturated heterocycles. The molecule has 16 heteroatoms. The first-order chi connectivity index (χ1) is 28.1. The molecule has 0 amide bonds. The molecule has 1 unspecified atom stereocenters. The lowest BCUT2D eigenvalue weighted by molar-refractivity contribution is 0.109. The van der Waals surface area contributed by atoms with Crippen LogP contribution in [0, 0.1) is 17.6 Å². The maximum Gasteiger partial charge on any atom is 0.220 e. The van der Waals surface area contributed by atoms with Crippen molar-refractivity contribution in [3.8, 4) is 39.9 Å². The second-order valence-electron chi connectivity index (χ2n) is 14.2. The Labute approximate surface area is 339 Å². The summed E-state index contributed by atoms with van der Waals surface area (Å²) >= 11 is 3.46. The molecule has 6 heterocycles. The number of fused-ring (bicyclic) bond motifs is 8. The first-order valence-corrected chi connectivity index (χ1v) is 19.2. The summed E-state index contributed by atoms with van der Waals surface area (Å²) in [6, 6.07) is 20.4. The number of anilines is 1. The lowest BCUT2D eigenvalue weighted by Crippen LogP contribution is -2.43. The minimum Gasteiger partial charge on any atom is -0.497 e. The van der Waals surface area contributed by atoms with Gasteiger partial charge in [0, 0.05) is 69.4 Å². The number of ether oxygens (including phenoxy) is 6. The van der Waals surface area contributed by atoms with E-state index >= 15 is 4.39 Å². The molecule has 5 aliphatic heterocycles. The predicted octanol–water partition coefficient (Wildman–Crippen LogP) is 6.93. The molecule has 4 N–H and O–H groups in total. The van der Waals surface area contributed by atoms with Crippen LogP contribution >= 0.6 is 15.9 Å². The number of halogens is 4. The zero-order valence-corrected chi connectivity index (χ0v) is 32.7. The highest BCUT2D eigenvalue weighted by molar-refractivity contribution is 9.10. The van der Waals surface area contributed by atoms with E-state index in [1.54, 1.807) is 42.5 Å². The Bertz CT molecular complexity index is 2520. The van der Waals surface area contributed by atoms with Crippen molar-refractivity contribution >= 4 is 33.3 Å². The molecule has 2 spiro atoms. The standard InChI is InChI=1S/C25H22F2N4O3.C17H14BrFN2O3/c26-20-12-16(31-6-8-32-9-7-31)11-19-23(20)34-21-4-3-15(17-2-1-5-29-24(17)27)10-18(21)25(19)14-33-13-22(28)30-25;1-22-10-5-12-16(13(19)6-10)24-14-3-2-9(18)4-11(14)17(12)8-23-7-15(20)21-17/h1-5,10-12H,6-9,13-14H2,(H2,28,30);2-6H,7-8H2,1H3,(H2,20,21)/t25-;/m0./s1. The van der Waals surface area contributed by atoms with E-state index in [2.05, 4.69) is 30.8 Å². The largest absolute Gasteiger partial charge is 0.497 e. The first-order valence-electron chi connectivity index (χ1n) is 18.4. The SMILES string of the molecule is COc1cc(F)c2c(c1)C1(COCC(N)=N1)c1cc(Br)ccc1O2.NC1=N[C@@]2(COC1)c1cc(-c3cccnc3F)ccc1Oc1c(F)cc(N3CCOCC3)cc12. The second-order valence-corrected chi connectivity index (χ2v) is 15.1. The average Bonchev–Trinajstić information content (AvgIpc) is 3.23. The Kier molecular flexibility index (Phi) is 9.74. The molecule has 298 valence electrons. The molecule has 4 aromatic carbocycles. The summed E-state index contributed by atoms with van der Waals surface area (Å²) in [7, 11) is 1.48. The Morgan fingerprint density at radius 2 is 1.34 bits per heavy atom. The highest BCUT2D eigenvalue weighted by Gasteiger charge is 2.48. The molecule has 1 fully saturated rings. The summed E-state index contributed by atoms with van der Waals surface area (Å²) in [5.41, 5.74) is 14.1. The van der Waals surface area contributed by atoms with Gasteiger partial charge in [0.15, 0.2) is 23.1 Å². The number of hydrogen-bond acceptors (Lipinski definition) is 12. The van der Waals surface area contributed by atoms with Crippen LogP contribution in [-0.2, 0) is 25.3 Å². The van der Waals surface area contributed by atoms with Gasteiger partial charge in [-0.15, -0.1) is 0 Å². The highest BCUT2D eigenvalue weighted by atomic mass is 79.9. The van der Waals surface area contributed by atoms with Gasteiger partial charge < -0.3 is 44.8 Å². The van der Waals surface area contributed by atoms with Crippen molar-refractivity contribution in [1.29, 1.82) is 0 Å². The summed E-state index contributed by atoms with van der Waals surface area (Å²) in [5, 5.41) is 0. The van der Waals surface area contributed by atoms with Crippen LogP contribution in [0.15, 0.2) is 93.5 Å². The Hall–Kier alpha value is -5.68. The predicted molar refractivity (Wildman–Crippen MR) is 213 cm³/mol. The molecule has 10 rings (SSSR count). The fraction of sp³-hybridized carbons (Fsp3) is 0.262. The van der Waals surface area contributed by atoms with Gasteiger partial charge in [-0.05, 0) is 60.2 Å². The van der Waals surface area contributed by atoms with Gasteiger partial charge >= 0.3 is 0 Å². The topological polar surface area (TPSA) is 148 Å². The third-order valence-corrected chi connectivity index (χ3v) is 11.1. The summed E-state index contributed by atoms with van der Waals surface area (Å²) in [5.74, 6) is 0.576. The molecule has 58 heavy (non-hydrogen) atoms. The van der Waals surface area contributed by atoms with Crippen molar-refractivity contribution < 1.29 is 41.6 Å². The van der Waals surface area contributed by atoms with Gasteiger partial charge in [0.05, 0.1) is 33.5 Å². The van der Waals surface area contributed by atoms with Crippen LogP contribution in [0.2, 0.25) is 0 Å². The second kappa shape index (κ2) is 14.9.